The van der Waals surface area contributed by atoms with Crippen LogP contribution in [0.5, 0.6) is 11.5 Å². The fourth-order valence-electron chi connectivity index (χ4n) is 1.53. The van der Waals surface area contributed by atoms with E-state index in [0.29, 0.717) is 28.6 Å². The van der Waals surface area contributed by atoms with Gasteiger partial charge < -0.3 is 15.2 Å². The van der Waals surface area contributed by atoms with Gasteiger partial charge in [-0.25, -0.2) is 4.68 Å². The molecule has 0 saturated heterocycles. The second kappa shape index (κ2) is 4.28. The van der Waals surface area contributed by atoms with E-state index in [4.69, 9.17) is 15.2 Å². The Morgan fingerprint density at radius 2 is 2.00 bits per heavy atom. The molecule has 0 bridgehead atoms. The van der Waals surface area contributed by atoms with Gasteiger partial charge in [0.1, 0.15) is 11.5 Å². The van der Waals surface area contributed by atoms with Gasteiger partial charge in [-0.15, -0.1) is 5.10 Å². The Kier molecular flexibility index (Phi) is 2.82. The predicted octanol–water partition coefficient (Wildman–Crippen LogP) is 0.476. The molecule has 1 aromatic heterocycles. The summed E-state index contributed by atoms with van der Waals surface area (Å²) in [4.78, 5) is 0. The van der Waals surface area contributed by atoms with E-state index in [9.17, 15) is 0 Å². The van der Waals surface area contributed by atoms with Crippen LogP contribution in [0.2, 0.25) is 0 Å². The SMILES string of the molecule is COc1cc(OC)c(N)c(-c2nnnn2C)c1. The molecule has 2 N–H and O–H groups in total. The molecule has 2 rings (SSSR count). The van der Waals surface area contributed by atoms with Crippen LogP contribution in [-0.4, -0.2) is 34.4 Å². The number of benzene rings is 1. The molecule has 0 aliphatic carbocycles. The zero-order valence-electron chi connectivity index (χ0n) is 9.84. The Morgan fingerprint density at radius 1 is 1.24 bits per heavy atom. The van der Waals surface area contributed by atoms with Crippen molar-refractivity contribution in [1.29, 1.82) is 0 Å². The molecule has 0 aliphatic heterocycles. The summed E-state index contributed by atoms with van der Waals surface area (Å²) >= 11 is 0. The van der Waals surface area contributed by atoms with Crippen LogP contribution in [0.3, 0.4) is 0 Å². The van der Waals surface area contributed by atoms with Crippen molar-refractivity contribution in [3.63, 3.8) is 0 Å². The molecule has 0 atom stereocenters. The fourth-order valence-corrected chi connectivity index (χ4v) is 1.53. The molecule has 0 saturated carbocycles. The molecule has 2 aromatic rings. The quantitative estimate of drug-likeness (QED) is 0.778. The highest BCUT2D eigenvalue weighted by molar-refractivity contribution is 5.78. The molecule has 0 spiro atoms. The highest BCUT2D eigenvalue weighted by Crippen LogP contribution is 2.36. The number of aromatic nitrogens is 4. The van der Waals surface area contributed by atoms with E-state index in [0.717, 1.165) is 0 Å². The summed E-state index contributed by atoms with van der Waals surface area (Å²) in [7, 11) is 4.86. The van der Waals surface area contributed by atoms with Gasteiger partial charge in [0, 0.05) is 13.1 Å². The molecular weight excluding hydrogens is 222 g/mol. The van der Waals surface area contributed by atoms with Crippen LogP contribution in [0.4, 0.5) is 5.69 Å². The van der Waals surface area contributed by atoms with Crippen LogP contribution >= 0.6 is 0 Å². The number of nitrogen functional groups attached to an aromatic ring is 1. The van der Waals surface area contributed by atoms with Crippen molar-refractivity contribution >= 4 is 5.69 Å². The molecule has 17 heavy (non-hydrogen) atoms. The number of aryl methyl sites for hydroxylation is 1. The molecule has 7 nitrogen and oxygen atoms in total. The van der Waals surface area contributed by atoms with Gasteiger partial charge >= 0.3 is 0 Å². The highest BCUT2D eigenvalue weighted by atomic mass is 16.5. The Hall–Kier alpha value is -2.31. The van der Waals surface area contributed by atoms with Gasteiger partial charge in [0.25, 0.3) is 0 Å². The predicted molar refractivity (Wildman–Crippen MR) is 61.8 cm³/mol. The van der Waals surface area contributed by atoms with E-state index in [1.807, 2.05) is 0 Å². The van der Waals surface area contributed by atoms with Gasteiger partial charge in [0.05, 0.1) is 25.5 Å². The first-order chi connectivity index (χ1) is 8.17. The van der Waals surface area contributed by atoms with Gasteiger partial charge in [0.15, 0.2) is 5.82 Å². The number of hydrogen-bond donors (Lipinski definition) is 1. The van der Waals surface area contributed by atoms with Gasteiger partial charge in [0.2, 0.25) is 0 Å². The summed E-state index contributed by atoms with van der Waals surface area (Å²) in [5.74, 6) is 1.72. The molecule has 0 fully saturated rings. The molecule has 0 amide bonds. The van der Waals surface area contributed by atoms with Gasteiger partial charge in [-0.3, -0.25) is 0 Å². The van der Waals surface area contributed by atoms with Crippen LogP contribution in [-0.2, 0) is 7.05 Å². The van der Waals surface area contributed by atoms with Gasteiger partial charge in [-0.2, -0.15) is 0 Å². The Balaban J connectivity index is 2.64. The van der Waals surface area contributed by atoms with Crippen LogP contribution in [0.1, 0.15) is 0 Å². The molecule has 0 radical (unpaired) electrons. The lowest BCUT2D eigenvalue weighted by Gasteiger charge is -2.11. The second-order valence-electron chi connectivity index (χ2n) is 3.42. The monoisotopic (exact) mass is 235 g/mol. The normalized spacial score (nSPS) is 10.3. The van der Waals surface area contributed by atoms with E-state index < -0.39 is 0 Å². The number of methoxy groups -OCH3 is 2. The van der Waals surface area contributed by atoms with E-state index in [-0.39, 0.29) is 0 Å². The Morgan fingerprint density at radius 3 is 2.53 bits per heavy atom. The van der Waals surface area contributed by atoms with Crippen molar-refractivity contribution < 1.29 is 9.47 Å². The zero-order valence-corrected chi connectivity index (χ0v) is 9.84. The number of nitrogens with zero attached hydrogens (tertiary/aromatic N) is 4. The summed E-state index contributed by atoms with van der Waals surface area (Å²) in [6.07, 6.45) is 0. The summed E-state index contributed by atoms with van der Waals surface area (Å²) in [6, 6.07) is 3.48. The number of tetrazole rings is 1. The largest absolute Gasteiger partial charge is 0.497 e. The minimum atomic E-state index is 0.478. The lowest BCUT2D eigenvalue weighted by atomic mass is 10.1. The van der Waals surface area contributed by atoms with E-state index in [1.54, 1.807) is 33.4 Å². The summed E-state index contributed by atoms with van der Waals surface area (Å²) in [5.41, 5.74) is 7.14. The van der Waals surface area contributed by atoms with Crippen molar-refractivity contribution in [3.8, 4) is 22.9 Å². The third-order valence-corrected chi connectivity index (χ3v) is 2.43. The standard InChI is InChI=1S/C10H13N5O2/c1-15-10(12-13-14-15)7-4-6(16-2)5-8(17-3)9(7)11/h4-5H,11H2,1-3H3. The van der Waals surface area contributed by atoms with Crippen LogP contribution in [0, 0.1) is 0 Å². The van der Waals surface area contributed by atoms with Crippen LogP contribution < -0.4 is 15.2 Å². The maximum Gasteiger partial charge on any atom is 0.184 e. The van der Waals surface area contributed by atoms with Crippen LogP contribution in [0.15, 0.2) is 12.1 Å². The van der Waals surface area contributed by atoms with Crippen molar-refractivity contribution in [2.24, 2.45) is 7.05 Å². The van der Waals surface area contributed by atoms with Gasteiger partial charge in [-0.05, 0) is 16.5 Å². The van der Waals surface area contributed by atoms with E-state index in [1.165, 1.54) is 4.68 Å². The molecule has 0 aliphatic rings. The Bertz CT molecular complexity index is 537. The summed E-state index contributed by atoms with van der Waals surface area (Å²) < 4.78 is 11.9. The molecule has 90 valence electrons. The molecule has 7 heteroatoms. The lowest BCUT2D eigenvalue weighted by molar-refractivity contribution is 0.396. The molecule has 0 unspecified atom stereocenters. The zero-order chi connectivity index (χ0) is 12.4. The first kappa shape index (κ1) is 11.2. The van der Waals surface area contributed by atoms with Crippen LogP contribution in [0.25, 0.3) is 11.4 Å². The second-order valence-corrected chi connectivity index (χ2v) is 3.42. The third kappa shape index (κ3) is 1.86. The minimum absolute atomic E-state index is 0.478. The maximum atomic E-state index is 5.99. The van der Waals surface area contributed by atoms with E-state index >= 15 is 0 Å². The molecule has 1 aromatic carbocycles. The average molecular weight is 235 g/mol. The first-order valence-corrected chi connectivity index (χ1v) is 4.91. The number of ether oxygens (including phenoxy) is 2. The number of rotatable bonds is 3. The number of nitrogens with two attached hydrogens (primary N) is 1. The van der Waals surface area contributed by atoms with Crippen molar-refractivity contribution in [2.45, 2.75) is 0 Å². The number of anilines is 1. The van der Waals surface area contributed by atoms with Crippen molar-refractivity contribution in [3.05, 3.63) is 12.1 Å². The first-order valence-electron chi connectivity index (χ1n) is 4.91. The van der Waals surface area contributed by atoms with Crippen molar-refractivity contribution in [2.75, 3.05) is 20.0 Å². The summed E-state index contributed by atoms with van der Waals surface area (Å²) in [6.45, 7) is 0. The maximum absolute atomic E-state index is 5.99. The fraction of sp³-hybridized carbons (Fsp3) is 0.300. The smallest absolute Gasteiger partial charge is 0.184 e. The van der Waals surface area contributed by atoms with Crippen molar-refractivity contribution in [1.82, 2.24) is 20.2 Å². The topological polar surface area (TPSA) is 88.1 Å². The molecular formula is C10H13N5O2. The Labute approximate surface area is 98.1 Å². The highest BCUT2D eigenvalue weighted by Gasteiger charge is 2.15. The average Bonchev–Trinajstić information content (AvgIpc) is 2.76. The number of hydrogen-bond acceptors (Lipinski definition) is 6. The minimum Gasteiger partial charge on any atom is -0.497 e. The third-order valence-electron chi connectivity index (χ3n) is 2.43. The molecule has 1 heterocycles. The van der Waals surface area contributed by atoms with Gasteiger partial charge in [-0.1, -0.05) is 0 Å². The summed E-state index contributed by atoms with van der Waals surface area (Å²) in [5, 5.41) is 11.2. The lowest BCUT2D eigenvalue weighted by Crippen LogP contribution is -2.01. The van der Waals surface area contributed by atoms with E-state index in [2.05, 4.69) is 15.5 Å².